The van der Waals surface area contributed by atoms with Crippen molar-refractivity contribution in [1.29, 1.82) is 0 Å². The summed E-state index contributed by atoms with van der Waals surface area (Å²) in [7, 11) is 0. The molecule has 1 saturated heterocycles. The molecule has 1 fully saturated rings. The number of hydrogen-bond donors (Lipinski definition) is 1. The molecule has 2 heterocycles. The van der Waals surface area contributed by atoms with E-state index in [4.69, 9.17) is 11.6 Å². The van der Waals surface area contributed by atoms with Crippen molar-refractivity contribution in [2.75, 3.05) is 6.54 Å². The maximum atomic E-state index is 6.17. The van der Waals surface area contributed by atoms with E-state index in [1.165, 1.54) is 18.4 Å². The molecule has 1 N–H and O–H groups in total. The Morgan fingerprint density at radius 3 is 3.00 bits per heavy atom. The fourth-order valence-corrected chi connectivity index (χ4v) is 3.28. The standard InChI is InChI=1S/C10H14ClNS/c1-2-10(5-3-6-12-10)8-4-7-13-9(8)11/h4,7,12H,2-3,5-6H2,1H3. The van der Waals surface area contributed by atoms with Crippen LogP contribution in [0.15, 0.2) is 11.4 Å². The second-order valence-corrected chi connectivity index (χ2v) is 5.09. The summed E-state index contributed by atoms with van der Waals surface area (Å²) in [6.45, 7) is 3.35. The van der Waals surface area contributed by atoms with Gasteiger partial charge in [-0.1, -0.05) is 18.5 Å². The molecule has 0 aliphatic carbocycles. The number of hydrogen-bond acceptors (Lipinski definition) is 2. The summed E-state index contributed by atoms with van der Waals surface area (Å²) < 4.78 is 0.955. The first-order valence-electron chi connectivity index (χ1n) is 4.77. The Morgan fingerprint density at radius 1 is 1.69 bits per heavy atom. The molecule has 1 aliphatic rings. The second-order valence-electron chi connectivity index (χ2n) is 3.57. The van der Waals surface area contributed by atoms with Crippen LogP contribution in [0.1, 0.15) is 31.7 Å². The van der Waals surface area contributed by atoms with Crippen LogP contribution in [0, 0.1) is 0 Å². The molecule has 1 atom stereocenters. The van der Waals surface area contributed by atoms with Crippen molar-refractivity contribution in [2.24, 2.45) is 0 Å². The quantitative estimate of drug-likeness (QED) is 0.798. The van der Waals surface area contributed by atoms with Gasteiger partial charge in [-0.2, -0.15) is 0 Å². The van der Waals surface area contributed by atoms with Gasteiger partial charge in [-0.05, 0) is 37.3 Å². The third-order valence-corrected chi connectivity index (χ3v) is 4.15. The molecule has 0 radical (unpaired) electrons. The Kier molecular flexibility index (Phi) is 2.63. The minimum absolute atomic E-state index is 0.178. The SMILES string of the molecule is CCC1(c2ccsc2Cl)CCCN1. The van der Waals surface area contributed by atoms with Crippen molar-refractivity contribution in [1.82, 2.24) is 5.32 Å². The van der Waals surface area contributed by atoms with Gasteiger partial charge < -0.3 is 5.32 Å². The maximum Gasteiger partial charge on any atom is 0.0979 e. The van der Waals surface area contributed by atoms with Crippen LogP contribution >= 0.6 is 22.9 Å². The Hall–Kier alpha value is -0.0500. The third-order valence-electron chi connectivity index (χ3n) is 2.98. The summed E-state index contributed by atoms with van der Waals surface area (Å²) in [5.74, 6) is 0. The topological polar surface area (TPSA) is 12.0 Å². The Balaban J connectivity index is 2.36. The van der Waals surface area contributed by atoms with E-state index in [0.29, 0.717) is 0 Å². The molecule has 1 aliphatic heterocycles. The molecule has 0 amide bonds. The highest BCUT2D eigenvalue weighted by Gasteiger charge is 2.35. The first-order valence-corrected chi connectivity index (χ1v) is 6.03. The van der Waals surface area contributed by atoms with Gasteiger partial charge in [0.05, 0.1) is 4.34 Å². The summed E-state index contributed by atoms with van der Waals surface area (Å²) in [5.41, 5.74) is 1.48. The van der Waals surface area contributed by atoms with Crippen LogP contribution in [0.2, 0.25) is 4.34 Å². The highest BCUT2D eigenvalue weighted by Crippen LogP contribution is 2.40. The van der Waals surface area contributed by atoms with E-state index in [0.717, 1.165) is 17.3 Å². The average Bonchev–Trinajstić information content (AvgIpc) is 2.73. The fourth-order valence-electron chi connectivity index (χ4n) is 2.17. The monoisotopic (exact) mass is 215 g/mol. The van der Waals surface area contributed by atoms with Gasteiger partial charge in [0, 0.05) is 11.1 Å². The van der Waals surface area contributed by atoms with Crippen molar-refractivity contribution in [3.8, 4) is 0 Å². The predicted octanol–water partition coefficient (Wildman–Crippen LogP) is 3.39. The van der Waals surface area contributed by atoms with E-state index < -0.39 is 0 Å². The molecular weight excluding hydrogens is 202 g/mol. The highest BCUT2D eigenvalue weighted by atomic mass is 35.5. The molecule has 1 aromatic rings. The Labute approximate surface area is 88.1 Å². The van der Waals surface area contributed by atoms with Gasteiger partial charge in [0.25, 0.3) is 0 Å². The van der Waals surface area contributed by atoms with E-state index >= 15 is 0 Å². The van der Waals surface area contributed by atoms with E-state index in [1.54, 1.807) is 11.3 Å². The van der Waals surface area contributed by atoms with E-state index in [-0.39, 0.29) is 5.54 Å². The number of thiophene rings is 1. The molecule has 0 saturated carbocycles. The fraction of sp³-hybridized carbons (Fsp3) is 0.600. The van der Waals surface area contributed by atoms with Gasteiger partial charge >= 0.3 is 0 Å². The van der Waals surface area contributed by atoms with Crippen LogP contribution in [0.25, 0.3) is 0 Å². The lowest BCUT2D eigenvalue weighted by Gasteiger charge is -2.27. The summed E-state index contributed by atoms with van der Waals surface area (Å²) in [5, 5.41) is 5.66. The van der Waals surface area contributed by atoms with Crippen molar-refractivity contribution < 1.29 is 0 Å². The lowest BCUT2D eigenvalue weighted by atomic mass is 9.88. The van der Waals surface area contributed by atoms with Crippen LogP contribution in [0.4, 0.5) is 0 Å². The largest absolute Gasteiger partial charge is 0.307 e. The van der Waals surface area contributed by atoms with Crippen LogP contribution in [-0.2, 0) is 5.54 Å². The zero-order chi connectivity index (χ0) is 9.31. The number of halogens is 1. The first-order chi connectivity index (χ1) is 6.28. The smallest absolute Gasteiger partial charge is 0.0979 e. The van der Waals surface area contributed by atoms with Crippen molar-refractivity contribution in [3.63, 3.8) is 0 Å². The lowest BCUT2D eigenvalue weighted by molar-refractivity contribution is 0.377. The van der Waals surface area contributed by atoms with Crippen LogP contribution in [0.5, 0.6) is 0 Å². The van der Waals surface area contributed by atoms with Gasteiger partial charge in [0.15, 0.2) is 0 Å². The molecule has 1 nitrogen and oxygen atoms in total. The van der Waals surface area contributed by atoms with Gasteiger partial charge in [0.2, 0.25) is 0 Å². The van der Waals surface area contributed by atoms with Gasteiger partial charge in [-0.25, -0.2) is 0 Å². The molecule has 1 aromatic heterocycles. The molecule has 0 bridgehead atoms. The molecule has 13 heavy (non-hydrogen) atoms. The molecule has 1 unspecified atom stereocenters. The third kappa shape index (κ3) is 1.51. The van der Waals surface area contributed by atoms with E-state index in [1.807, 2.05) is 0 Å². The highest BCUT2D eigenvalue weighted by molar-refractivity contribution is 7.14. The van der Waals surface area contributed by atoms with Crippen molar-refractivity contribution in [2.45, 2.75) is 31.7 Å². The average molecular weight is 216 g/mol. The molecule has 3 heteroatoms. The molecule has 2 rings (SSSR count). The van der Waals surface area contributed by atoms with Crippen LogP contribution < -0.4 is 5.32 Å². The molecular formula is C10H14ClNS. The minimum atomic E-state index is 0.178. The summed E-state index contributed by atoms with van der Waals surface area (Å²) in [6.07, 6.45) is 3.61. The van der Waals surface area contributed by atoms with E-state index in [2.05, 4.69) is 23.7 Å². The predicted molar refractivity (Wildman–Crippen MR) is 58.5 cm³/mol. The summed E-state index contributed by atoms with van der Waals surface area (Å²) >= 11 is 7.80. The molecule has 0 spiro atoms. The van der Waals surface area contributed by atoms with Gasteiger partial charge in [0.1, 0.15) is 0 Å². The molecule has 72 valence electrons. The summed E-state index contributed by atoms with van der Waals surface area (Å²) in [6, 6.07) is 2.16. The van der Waals surface area contributed by atoms with Crippen molar-refractivity contribution >= 4 is 22.9 Å². The Bertz CT molecular complexity index is 289. The summed E-state index contributed by atoms with van der Waals surface area (Å²) in [4.78, 5) is 0. The first kappa shape index (κ1) is 9.50. The van der Waals surface area contributed by atoms with Gasteiger partial charge in [-0.3, -0.25) is 0 Å². The van der Waals surface area contributed by atoms with Crippen LogP contribution in [-0.4, -0.2) is 6.54 Å². The number of rotatable bonds is 2. The van der Waals surface area contributed by atoms with E-state index in [9.17, 15) is 0 Å². The normalized spacial score (nSPS) is 28.2. The zero-order valence-electron chi connectivity index (χ0n) is 7.77. The van der Waals surface area contributed by atoms with Crippen molar-refractivity contribution in [3.05, 3.63) is 21.3 Å². The number of nitrogens with one attached hydrogen (secondary N) is 1. The second kappa shape index (κ2) is 3.60. The zero-order valence-corrected chi connectivity index (χ0v) is 9.34. The molecule has 0 aromatic carbocycles. The Morgan fingerprint density at radius 2 is 2.54 bits per heavy atom. The maximum absolute atomic E-state index is 6.17. The lowest BCUT2D eigenvalue weighted by Crippen LogP contribution is -2.35. The van der Waals surface area contributed by atoms with Gasteiger partial charge in [-0.15, -0.1) is 11.3 Å². The minimum Gasteiger partial charge on any atom is -0.307 e. The van der Waals surface area contributed by atoms with Crippen LogP contribution in [0.3, 0.4) is 0 Å².